The van der Waals surface area contributed by atoms with Crippen molar-refractivity contribution in [3.63, 3.8) is 0 Å². The molecule has 132 valence electrons. The van der Waals surface area contributed by atoms with Crippen LogP contribution in [0.25, 0.3) is 0 Å². The van der Waals surface area contributed by atoms with Crippen molar-refractivity contribution in [2.75, 3.05) is 13.2 Å². The van der Waals surface area contributed by atoms with E-state index in [-0.39, 0.29) is 11.1 Å². The minimum absolute atomic E-state index is 0.220. The Labute approximate surface area is 149 Å². The van der Waals surface area contributed by atoms with E-state index < -0.39 is 23.7 Å². The first-order valence-electron chi connectivity index (χ1n) is 8.15. The largest absolute Gasteiger partial charge is 0.486 e. The van der Waals surface area contributed by atoms with Crippen molar-refractivity contribution in [1.82, 2.24) is 5.06 Å². The molecule has 1 atom stereocenters. The summed E-state index contributed by atoms with van der Waals surface area (Å²) in [5.74, 6) is -1.54. The van der Waals surface area contributed by atoms with Gasteiger partial charge in [0.05, 0.1) is 17.0 Å². The number of benzene rings is 2. The zero-order valence-corrected chi connectivity index (χ0v) is 13.9. The highest BCUT2D eigenvalue weighted by Crippen LogP contribution is 2.33. The number of carbonyl (C=O) groups excluding carboxylic acids is 3. The molecule has 2 amide bonds. The van der Waals surface area contributed by atoms with Gasteiger partial charge in [-0.05, 0) is 36.8 Å². The lowest BCUT2D eigenvalue weighted by Crippen LogP contribution is -2.34. The van der Waals surface area contributed by atoms with E-state index in [0.717, 1.165) is 0 Å². The molecule has 0 bridgehead atoms. The summed E-state index contributed by atoms with van der Waals surface area (Å²) in [6.07, 6.45) is 0. The van der Waals surface area contributed by atoms with Crippen LogP contribution < -0.4 is 9.47 Å². The number of fused-ring (bicyclic) bond motifs is 2. The number of ether oxygens (including phenoxy) is 2. The first-order chi connectivity index (χ1) is 12.6. The molecule has 0 N–H and O–H groups in total. The lowest BCUT2D eigenvalue weighted by molar-refractivity contribution is -0.170. The lowest BCUT2D eigenvalue weighted by Gasteiger charge is -2.21. The SMILES string of the molecule is CC(C(=O)ON1C(=O)c2ccccc2C1=O)c1ccc2c(c1)OCCO2. The van der Waals surface area contributed by atoms with E-state index in [2.05, 4.69) is 0 Å². The number of hydrogen-bond donors (Lipinski definition) is 0. The average Bonchev–Trinajstić information content (AvgIpc) is 2.92. The van der Waals surface area contributed by atoms with Crippen LogP contribution in [0, 0.1) is 0 Å². The summed E-state index contributed by atoms with van der Waals surface area (Å²) in [4.78, 5) is 42.1. The average molecular weight is 353 g/mol. The molecule has 0 saturated carbocycles. The summed E-state index contributed by atoms with van der Waals surface area (Å²) in [6.45, 7) is 2.54. The normalized spacial score (nSPS) is 16.3. The van der Waals surface area contributed by atoms with E-state index >= 15 is 0 Å². The van der Waals surface area contributed by atoms with E-state index in [1.54, 1.807) is 37.3 Å². The fourth-order valence-corrected chi connectivity index (χ4v) is 2.88. The second-order valence-electron chi connectivity index (χ2n) is 5.99. The molecular formula is C19H15NO6. The predicted octanol–water partition coefficient (Wildman–Crippen LogP) is 2.32. The van der Waals surface area contributed by atoms with Gasteiger partial charge >= 0.3 is 5.97 Å². The monoisotopic (exact) mass is 353 g/mol. The van der Waals surface area contributed by atoms with E-state index in [4.69, 9.17) is 14.3 Å². The zero-order chi connectivity index (χ0) is 18.3. The fraction of sp³-hybridized carbons (Fsp3) is 0.211. The molecule has 7 nitrogen and oxygen atoms in total. The molecule has 2 aromatic carbocycles. The Balaban J connectivity index is 1.52. The van der Waals surface area contributed by atoms with Gasteiger partial charge in [0.15, 0.2) is 11.5 Å². The van der Waals surface area contributed by atoms with Crippen LogP contribution in [0.5, 0.6) is 11.5 Å². The Kier molecular flexibility index (Phi) is 3.84. The molecule has 0 aliphatic carbocycles. The number of imide groups is 1. The molecule has 0 saturated heterocycles. The van der Waals surface area contributed by atoms with Crippen molar-refractivity contribution in [1.29, 1.82) is 0 Å². The standard InChI is InChI=1S/C19H15NO6/c1-11(12-6-7-15-16(10-12)25-9-8-24-15)19(23)26-20-17(21)13-4-2-3-5-14(13)18(20)22/h2-7,10-11H,8-9H2,1H3. The van der Waals surface area contributed by atoms with Gasteiger partial charge in [-0.15, -0.1) is 0 Å². The quantitative estimate of drug-likeness (QED) is 0.788. The van der Waals surface area contributed by atoms with Crippen LogP contribution in [0.3, 0.4) is 0 Å². The molecule has 2 aliphatic rings. The highest BCUT2D eigenvalue weighted by Gasteiger charge is 2.39. The minimum atomic E-state index is -0.712. The summed E-state index contributed by atoms with van der Waals surface area (Å²) in [5.41, 5.74) is 1.07. The highest BCUT2D eigenvalue weighted by atomic mass is 16.7. The molecule has 0 aromatic heterocycles. The predicted molar refractivity (Wildman–Crippen MR) is 88.9 cm³/mol. The third kappa shape index (κ3) is 2.57. The fourth-order valence-electron chi connectivity index (χ4n) is 2.88. The Morgan fingerprint density at radius 2 is 1.62 bits per heavy atom. The third-order valence-corrected chi connectivity index (χ3v) is 4.36. The van der Waals surface area contributed by atoms with Crippen LogP contribution >= 0.6 is 0 Å². The van der Waals surface area contributed by atoms with Gasteiger partial charge in [-0.1, -0.05) is 23.3 Å². The summed E-state index contributed by atoms with van der Waals surface area (Å²) in [6, 6.07) is 11.5. The zero-order valence-electron chi connectivity index (χ0n) is 13.9. The Morgan fingerprint density at radius 3 is 2.27 bits per heavy atom. The van der Waals surface area contributed by atoms with Gasteiger partial charge in [0, 0.05) is 0 Å². The molecule has 0 radical (unpaired) electrons. The number of hydrogen-bond acceptors (Lipinski definition) is 6. The topological polar surface area (TPSA) is 82.1 Å². The summed E-state index contributed by atoms with van der Waals surface area (Å²) >= 11 is 0. The maximum atomic E-state index is 12.5. The summed E-state index contributed by atoms with van der Waals surface area (Å²) in [5, 5.41) is 0.515. The van der Waals surface area contributed by atoms with Crippen molar-refractivity contribution in [3.05, 3.63) is 59.2 Å². The number of rotatable bonds is 3. The van der Waals surface area contributed by atoms with E-state index in [0.29, 0.717) is 35.3 Å². The Bertz CT molecular complexity index is 887. The van der Waals surface area contributed by atoms with Crippen molar-refractivity contribution in [3.8, 4) is 11.5 Å². The van der Waals surface area contributed by atoms with Gasteiger partial charge in [0.1, 0.15) is 13.2 Å². The van der Waals surface area contributed by atoms with Crippen LogP contribution in [0.4, 0.5) is 0 Å². The van der Waals surface area contributed by atoms with Crippen LogP contribution in [-0.2, 0) is 9.63 Å². The van der Waals surface area contributed by atoms with Crippen molar-refractivity contribution >= 4 is 17.8 Å². The molecule has 26 heavy (non-hydrogen) atoms. The number of hydroxylamine groups is 2. The van der Waals surface area contributed by atoms with Crippen LogP contribution in [0.1, 0.15) is 39.1 Å². The molecule has 7 heteroatoms. The van der Waals surface area contributed by atoms with Crippen molar-refractivity contribution in [2.45, 2.75) is 12.8 Å². The third-order valence-electron chi connectivity index (χ3n) is 4.36. The summed E-state index contributed by atoms with van der Waals surface area (Å²) in [7, 11) is 0. The Hall–Kier alpha value is -3.35. The maximum absolute atomic E-state index is 12.5. The van der Waals surface area contributed by atoms with E-state index in [9.17, 15) is 14.4 Å². The molecule has 0 spiro atoms. The van der Waals surface area contributed by atoms with Crippen LogP contribution in [-0.4, -0.2) is 36.1 Å². The first-order valence-corrected chi connectivity index (χ1v) is 8.15. The van der Waals surface area contributed by atoms with Gasteiger partial charge in [-0.3, -0.25) is 9.59 Å². The van der Waals surface area contributed by atoms with Gasteiger partial charge < -0.3 is 14.3 Å². The number of carbonyl (C=O) groups is 3. The summed E-state index contributed by atoms with van der Waals surface area (Å²) < 4.78 is 11.0. The maximum Gasteiger partial charge on any atom is 0.340 e. The molecule has 1 unspecified atom stereocenters. The first kappa shape index (κ1) is 16.1. The van der Waals surface area contributed by atoms with Gasteiger partial charge in [-0.25, -0.2) is 4.79 Å². The lowest BCUT2D eigenvalue weighted by atomic mass is 10.0. The molecule has 2 aromatic rings. The van der Waals surface area contributed by atoms with Crippen LogP contribution in [0.15, 0.2) is 42.5 Å². The number of nitrogens with zero attached hydrogens (tertiary/aromatic N) is 1. The second-order valence-corrected chi connectivity index (χ2v) is 5.99. The minimum Gasteiger partial charge on any atom is -0.486 e. The van der Waals surface area contributed by atoms with E-state index in [1.165, 1.54) is 12.1 Å². The van der Waals surface area contributed by atoms with Crippen LogP contribution in [0.2, 0.25) is 0 Å². The number of amides is 2. The smallest absolute Gasteiger partial charge is 0.340 e. The Morgan fingerprint density at radius 1 is 1.00 bits per heavy atom. The van der Waals surface area contributed by atoms with Crippen molar-refractivity contribution < 1.29 is 28.7 Å². The highest BCUT2D eigenvalue weighted by molar-refractivity contribution is 6.20. The molecule has 4 rings (SSSR count). The van der Waals surface area contributed by atoms with Crippen molar-refractivity contribution in [2.24, 2.45) is 0 Å². The molecule has 2 heterocycles. The second kappa shape index (κ2) is 6.18. The molecule has 2 aliphatic heterocycles. The van der Waals surface area contributed by atoms with Gasteiger partial charge in [0.25, 0.3) is 11.8 Å². The van der Waals surface area contributed by atoms with Gasteiger partial charge in [-0.2, -0.15) is 0 Å². The van der Waals surface area contributed by atoms with E-state index in [1.807, 2.05) is 0 Å². The molecule has 0 fully saturated rings. The molecular weight excluding hydrogens is 338 g/mol. The van der Waals surface area contributed by atoms with Gasteiger partial charge in [0.2, 0.25) is 0 Å².